The number of hydrogen-bond acceptors (Lipinski definition) is 8. The minimum Gasteiger partial charge on any atom is -0.471 e. The van der Waals surface area contributed by atoms with Gasteiger partial charge in [-0.3, -0.25) is 4.90 Å². The van der Waals surface area contributed by atoms with Crippen molar-refractivity contribution in [1.82, 2.24) is 19.9 Å². The van der Waals surface area contributed by atoms with Crippen molar-refractivity contribution in [3.05, 3.63) is 42.9 Å². The maximum absolute atomic E-state index is 6.09. The molecular weight excluding hydrogens is 358 g/mol. The normalized spacial score (nSPS) is 20.7. The largest absolute Gasteiger partial charge is 0.471 e. The number of piperazine rings is 1. The van der Waals surface area contributed by atoms with Crippen LogP contribution in [-0.4, -0.2) is 65.3 Å². The average molecular weight is 381 g/mol. The highest BCUT2D eigenvalue weighted by Gasteiger charge is 2.21. The van der Waals surface area contributed by atoms with Crippen LogP contribution in [0, 0.1) is 0 Å². The van der Waals surface area contributed by atoms with E-state index >= 15 is 0 Å². The molecule has 146 valence electrons. The van der Waals surface area contributed by atoms with Gasteiger partial charge in [-0.1, -0.05) is 0 Å². The third kappa shape index (κ3) is 3.65. The summed E-state index contributed by atoms with van der Waals surface area (Å²) in [5.74, 6) is 0.645. The lowest BCUT2D eigenvalue weighted by molar-refractivity contribution is 0.139. The Morgan fingerprint density at radius 3 is 2.82 bits per heavy atom. The summed E-state index contributed by atoms with van der Waals surface area (Å²) in [6.45, 7) is 6.10. The van der Waals surface area contributed by atoms with Gasteiger partial charge >= 0.3 is 0 Å². The van der Waals surface area contributed by atoms with Crippen molar-refractivity contribution >= 4 is 16.6 Å². The van der Waals surface area contributed by atoms with Gasteiger partial charge in [-0.2, -0.15) is 0 Å². The van der Waals surface area contributed by atoms with Crippen molar-refractivity contribution in [2.45, 2.75) is 19.1 Å². The van der Waals surface area contributed by atoms with Gasteiger partial charge in [0.1, 0.15) is 18.7 Å². The number of hydrogen-bond donors (Lipinski definition) is 0. The number of benzene rings is 1. The number of nitrogens with zero attached hydrogens (tertiary/aromatic N) is 5. The molecule has 2 aliphatic rings. The average Bonchev–Trinajstić information content (AvgIpc) is 3.43. The molecular formula is C20H23N5O3. The third-order valence-corrected chi connectivity index (χ3v) is 5.36. The lowest BCUT2D eigenvalue weighted by Gasteiger charge is -2.35. The summed E-state index contributed by atoms with van der Waals surface area (Å²) in [5, 5.41) is 0.955. The molecule has 8 nitrogen and oxygen atoms in total. The molecule has 2 aliphatic heterocycles. The molecule has 1 unspecified atom stereocenters. The van der Waals surface area contributed by atoms with E-state index in [0.717, 1.165) is 62.3 Å². The number of anilines is 1. The summed E-state index contributed by atoms with van der Waals surface area (Å²) < 4.78 is 16.6. The second-order valence-corrected chi connectivity index (χ2v) is 7.23. The molecule has 0 bridgehead atoms. The van der Waals surface area contributed by atoms with E-state index in [1.54, 1.807) is 12.6 Å². The van der Waals surface area contributed by atoms with Crippen LogP contribution in [-0.2, 0) is 11.3 Å². The summed E-state index contributed by atoms with van der Waals surface area (Å²) in [6.07, 6.45) is 5.74. The Labute approximate surface area is 163 Å². The van der Waals surface area contributed by atoms with Crippen LogP contribution in [0.3, 0.4) is 0 Å². The zero-order chi connectivity index (χ0) is 18.8. The van der Waals surface area contributed by atoms with Gasteiger partial charge in [0.25, 0.3) is 0 Å². The summed E-state index contributed by atoms with van der Waals surface area (Å²) >= 11 is 0. The predicted molar refractivity (Wildman–Crippen MR) is 103 cm³/mol. The maximum atomic E-state index is 6.09. The van der Waals surface area contributed by atoms with E-state index < -0.39 is 0 Å². The molecule has 0 aliphatic carbocycles. The molecule has 4 heterocycles. The van der Waals surface area contributed by atoms with Crippen molar-refractivity contribution < 1.29 is 13.9 Å². The standard InChI is InChI=1S/C20H23N5O3/c1-2-19-18(20(22-13-21-19)28-17-3-8-26-12-17)9-16(1)25-6-4-24(5-7-25)10-15-11-27-14-23-15/h1-2,9,11,13-14,17H,3-8,10,12H2. The first-order valence-electron chi connectivity index (χ1n) is 9.69. The van der Waals surface area contributed by atoms with Gasteiger partial charge in [-0.05, 0) is 18.2 Å². The molecule has 2 fully saturated rings. The van der Waals surface area contributed by atoms with Crippen LogP contribution in [0.5, 0.6) is 5.88 Å². The Hall–Kier alpha value is -2.71. The molecule has 0 N–H and O–H groups in total. The second kappa shape index (κ2) is 7.73. The first-order valence-corrected chi connectivity index (χ1v) is 9.69. The Kier molecular flexibility index (Phi) is 4.80. The Morgan fingerprint density at radius 2 is 2.04 bits per heavy atom. The van der Waals surface area contributed by atoms with Crippen LogP contribution in [0.1, 0.15) is 12.1 Å². The Balaban J connectivity index is 1.30. The fraction of sp³-hybridized carbons (Fsp3) is 0.450. The van der Waals surface area contributed by atoms with E-state index in [4.69, 9.17) is 13.9 Å². The number of fused-ring (bicyclic) bond motifs is 1. The molecule has 1 atom stereocenters. The molecule has 5 rings (SSSR count). The first-order chi connectivity index (χ1) is 13.8. The molecule has 0 amide bonds. The molecule has 8 heteroatoms. The highest BCUT2D eigenvalue weighted by atomic mass is 16.5. The van der Waals surface area contributed by atoms with Crippen LogP contribution in [0.25, 0.3) is 10.9 Å². The summed E-state index contributed by atoms with van der Waals surface area (Å²) in [4.78, 5) is 17.8. The zero-order valence-corrected chi connectivity index (χ0v) is 15.7. The molecule has 28 heavy (non-hydrogen) atoms. The van der Waals surface area contributed by atoms with Gasteiger partial charge in [0.05, 0.1) is 29.8 Å². The topological polar surface area (TPSA) is 76.8 Å². The van der Waals surface area contributed by atoms with Crippen LogP contribution in [0.15, 0.2) is 41.6 Å². The third-order valence-electron chi connectivity index (χ3n) is 5.36. The number of rotatable bonds is 5. The predicted octanol–water partition coefficient (Wildman–Crippen LogP) is 2.11. The minimum atomic E-state index is 0.0711. The van der Waals surface area contributed by atoms with E-state index in [2.05, 4.69) is 36.9 Å². The maximum Gasteiger partial charge on any atom is 0.224 e. The van der Waals surface area contributed by atoms with Gasteiger partial charge in [0.15, 0.2) is 6.39 Å². The van der Waals surface area contributed by atoms with Gasteiger partial charge in [-0.25, -0.2) is 15.0 Å². The van der Waals surface area contributed by atoms with Crippen molar-refractivity contribution in [3.63, 3.8) is 0 Å². The molecule has 0 radical (unpaired) electrons. The van der Waals surface area contributed by atoms with Crippen molar-refractivity contribution in [2.75, 3.05) is 44.3 Å². The highest BCUT2D eigenvalue weighted by Crippen LogP contribution is 2.29. The number of ether oxygens (including phenoxy) is 2. The second-order valence-electron chi connectivity index (χ2n) is 7.23. The van der Waals surface area contributed by atoms with Gasteiger partial charge in [0.2, 0.25) is 5.88 Å². The fourth-order valence-corrected chi connectivity index (χ4v) is 3.78. The Morgan fingerprint density at radius 1 is 1.11 bits per heavy atom. The van der Waals surface area contributed by atoms with E-state index in [9.17, 15) is 0 Å². The van der Waals surface area contributed by atoms with Gasteiger partial charge < -0.3 is 18.8 Å². The number of aromatic nitrogens is 3. The van der Waals surface area contributed by atoms with Crippen LogP contribution < -0.4 is 9.64 Å². The SMILES string of the molecule is c1nc(OC2CCOC2)c2cc(N3CCN(Cc4cocn4)CC3)ccc2n1. The quantitative estimate of drug-likeness (QED) is 0.665. The van der Waals surface area contributed by atoms with E-state index in [1.165, 1.54) is 12.1 Å². The molecule has 3 aromatic rings. The van der Waals surface area contributed by atoms with E-state index in [0.29, 0.717) is 12.5 Å². The smallest absolute Gasteiger partial charge is 0.224 e. The monoisotopic (exact) mass is 381 g/mol. The fourth-order valence-electron chi connectivity index (χ4n) is 3.78. The lowest BCUT2D eigenvalue weighted by atomic mass is 10.2. The van der Waals surface area contributed by atoms with E-state index in [1.807, 2.05) is 6.07 Å². The van der Waals surface area contributed by atoms with Crippen molar-refractivity contribution in [2.24, 2.45) is 0 Å². The van der Waals surface area contributed by atoms with Crippen molar-refractivity contribution in [3.8, 4) is 5.88 Å². The number of oxazole rings is 1. The van der Waals surface area contributed by atoms with Gasteiger partial charge in [0, 0.05) is 44.8 Å². The summed E-state index contributed by atoms with van der Waals surface area (Å²) in [7, 11) is 0. The molecule has 0 saturated carbocycles. The molecule has 0 spiro atoms. The first kappa shape index (κ1) is 17.4. The molecule has 2 aromatic heterocycles. The summed E-state index contributed by atoms with van der Waals surface area (Å²) in [5.41, 5.74) is 3.06. The van der Waals surface area contributed by atoms with Gasteiger partial charge in [-0.15, -0.1) is 0 Å². The minimum absolute atomic E-state index is 0.0711. The highest BCUT2D eigenvalue weighted by molar-refractivity contribution is 5.86. The molecule has 2 saturated heterocycles. The van der Waals surface area contributed by atoms with Crippen molar-refractivity contribution in [1.29, 1.82) is 0 Å². The lowest BCUT2D eigenvalue weighted by Crippen LogP contribution is -2.46. The molecule has 1 aromatic carbocycles. The summed E-state index contributed by atoms with van der Waals surface area (Å²) in [6, 6.07) is 6.32. The van der Waals surface area contributed by atoms with Crippen LogP contribution in [0.2, 0.25) is 0 Å². The van der Waals surface area contributed by atoms with E-state index in [-0.39, 0.29) is 6.10 Å². The zero-order valence-electron chi connectivity index (χ0n) is 15.7. The van der Waals surface area contributed by atoms with Crippen LogP contribution in [0.4, 0.5) is 5.69 Å². The Bertz CT molecular complexity index is 919. The van der Waals surface area contributed by atoms with Crippen LogP contribution >= 0.6 is 0 Å².